The van der Waals surface area contributed by atoms with E-state index in [-0.39, 0.29) is 40.6 Å². The van der Waals surface area contributed by atoms with Crippen LogP contribution in [0.25, 0.3) is 17.2 Å². The van der Waals surface area contributed by atoms with Crippen LogP contribution in [-0.2, 0) is 0 Å². The first-order valence-electron chi connectivity index (χ1n) is 10.9. The van der Waals surface area contributed by atoms with Gasteiger partial charge in [0.25, 0.3) is 0 Å². The molecule has 0 saturated heterocycles. The monoisotopic (exact) mass is 606 g/mol. The SMILES string of the molecule is COc1ccc(N2CC=CC(CNc3nonc3-c3noc(=O)n3-c3ccc(F)c(Br)c3)=CS2(O)O)cc1. The van der Waals surface area contributed by atoms with Gasteiger partial charge in [-0.05, 0) is 74.3 Å². The lowest BCUT2D eigenvalue weighted by Crippen LogP contribution is -2.25. The summed E-state index contributed by atoms with van der Waals surface area (Å²) < 4.78 is 53.1. The van der Waals surface area contributed by atoms with Crippen LogP contribution in [0.5, 0.6) is 5.75 Å². The number of benzene rings is 2. The molecule has 0 unspecified atom stereocenters. The highest BCUT2D eigenvalue weighted by atomic mass is 79.9. The Morgan fingerprint density at radius 1 is 1.16 bits per heavy atom. The maximum atomic E-state index is 13.7. The number of anilines is 2. The average Bonchev–Trinajstić information content (AvgIpc) is 3.48. The third-order valence-electron chi connectivity index (χ3n) is 5.52. The molecule has 2 aromatic carbocycles. The summed E-state index contributed by atoms with van der Waals surface area (Å²) in [5, 5.41) is 15.8. The Balaban J connectivity index is 1.38. The van der Waals surface area contributed by atoms with Crippen molar-refractivity contribution in [1.29, 1.82) is 0 Å². The van der Waals surface area contributed by atoms with E-state index in [4.69, 9.17) is 13.9 Å². The Kier molecular flexibility index (Phi) is 7.07. The van der Waals surface area contributed by atoms with Gasteiger partial charge in [0.05, 0.1) is 29.5 Å². The molecular formula is C23H20BrFN6O6S. The standard InChI is InChI=1S/C23H20BrFN6O6S/c1-35-17-7-4-15(5-8-17)30-10-2-3-14(13-38(30,33)34)12-26-21-20(27-37-28-21)22-29-36-23(32)31(22)16-6-9-19(25)18(24)11-16/h2-9,11,13,33-34H,10,12H2,1H3,(H,26,28). The number of rotatable bonds is 7. The Labute approximate surface area is 224 Å². The first kappa shape index (κ1) is 25.7. The number of ether oxygens (including phenoxy) is 1. The van der Waals surface area contributed by atoms with Crippen molar-refractivity contribution in [2.45, 2.75) is 0 Å². The molecule has 0 fully saturated rings. The Morgan fingerprint density at radius 3 is 2.66 bits per heavy atom. The number of nitrogens with zero attached hydrogens (tertiary/aromatic N) is 5. The molecule has 15 heteroatoms. The van der Waals surface area contributed by atoms with Gasteiger partial charge in [0, 0.05) is 12.0 Å². The van der Waals surface area contributed by atoms with Gasteiger partial charge in [0.1, 0.15) is 11.6 Å². The minimum Gasteiger partial charge on any atom is -0.497 e. The summed E-state index contributed by atoms with van der Waals surface area (Å²) in [6.45, 7) is 0.359. The van der Waals surface area contributed by atoms with Crippen molar-refractivity contribution >= 4 is 38.2 Å². The third kappa shape index (κ3) is 5.08. The van der Waals surface area contributed by atoms with E-state index in [1.54, 1.807) is 43.5 Å². The molecule has 3 N–H and O–H groups in total. The van der Waals surface area contributed by atoms with Crippen molar-refractivity contribution < 1.29 is 27.4 Å². The van der Waals surface area contributed by atoms with E-state index in [1.807, 2.05) is 0 Å². The Morgan fingerprint density at radius 2 is 1.92 bits per heavy atom. The lowest BCUT2D eigenvalue weighted by atomic mass is 10.2. The lowest BCUT2D eigenvalue weighted by molar-refractivity contribution is 0.309. The molecule has 198 valence electrons. The zero-order chi connectivity index (χ0) is 26.9. The van der Waals surface area contributed by atoms with Gasteiger partial charge in [-0.15, -0.1) is 0 Å². The van der Waals surface area contributed by atoms with Crippen molar-refractivity contribution in [3.8, 4) is 23.0 Å². The smallest absolute Gasteiger partial charge is 0.446 e. The second-order valence-corrected chi connectivity index (χ2v) is 10.6. The molecule has 4 aromatic rings. The van der Waals surface area contributed by atoms with Crippen LogP contribution < -0.4 is 20.1 Å². The van der Waals surface area contributed by atoms with Crippen LogP contribution in [0.4, 0.5) is 15.9 Å². The highest BCUT2D eigenvalue weighted by Gasteiger charge is 2.25. The van der Waals surface area contributed by atoms with Crippen molar-refractivity contribution in [2.75, 3.05) is 29.8 Å². The van der Waals surface area contributed by atoms with E-state index in [2.05, 4.69) is 36.7 Å². The van der Waals surface area contributed by atoms with Crippen LogP contribution in [0.1, 0.15) is 0 Å². The minimum atomic E-state index is -3.32. The summed E-state index contributed by atoms with van der Waals surface area (Å²) >= 11 is 3.09. The summed E-state index contributed by atoms with van der Waals surface area (Å²) in [4.78, 5) is 12.4. The molecule has 3 heterocycles. The first-order chi connectivity index (χ1) is 18.3. The van der Waals surface area contributed by atoms with Crippen LogP contribution in [0.2, 0.25) is 0 Å². The molecule has 1 aliphatic heterocycles. The van der Waals surface area contributed by atoms with Gasteiger partial charge >= 0.3 is 5.76 Å². The van der Waals surface area contributed by atoms with E-state index >= 15 is 0 Å². The van der Waals surface area contributed by atoms with Gasteiger partial charge in [-0.2, -0.15) is 0 Å². The molecule has 0 radical (unpaired) electrons. The first-order valence-corrected chi connectivity index (χ1v) is 13.3. The second-order valence-electron chi connectivity index (χ2n) is 7.94. The van der Waals surface area contributed by atoms with Gasteiger partial charge in [-0.3, -0.25) is 17.9 Å². The predicted octanol–water partition coefficient (Wildman–Crippen LogP) is 4.82. The van der Waals surface area contributed by atoms with Gasteiger partial charge < -0.3 is 10.1 Å². The summed E-state index contributed by atoms with van der Waals surface area (Å²) in [7, 11) is -1.77. The van der Waals surface area contributed by atoms with E-state index in [0.717, 1.165) is 4.57 Å². The van der Waals surface area contributed by atoms with Crippen LogP contribution in [0.3, 0.4) is 0 Å². The topological polar surface area (TPSA) is 152 Å². The maximum Gasteiger partial charge on any atom is 0.446 e. The summed E-state index contributed by atoms with van der Waals surface area (Å²) in [6.07, 6.45) is 3.54. The number of halogens is 2. The molecule has 38 heavy (non-hydrogen) atoms. The fourth-order valence-corrected chi connectivity index (χ4v) is 5.51. The highest BCUT2D eigenvalue weighted by Crippen LogP contribution is 2.49. The van der Waals surface area contributed by atoms with Gasteiger partial charge in [0.15, 0.2) is 5.69 Å². The maximum absolute atomic E-state index is 13.7. The Bertz CT molecular complexity index is 1580. The summed E-state index contributed by atoms with van der Waals surface area (Å²) in [5.74, 6) is -0.591. The third-order valence-corrected chi connectivity index (χ3v) is 7.76. The normalized spacial score (nSPS) is 15.6. The van der Waals surface area contributed by atoms with Crippen molar-refractivity contribution in [3.05, 3.63) is 86.4 Å². The number of aromatic nitrogens is 4. The van der Waals surface area contributed by atoms with Crippen LogP contribution in [0, 0.1) is 5.82 Å². The molecule has 0 spiro atoms. The molecule has 5 rings (SSSR count). The fourth-order valence-electron chi connectivity index (χ4n) is 3.71. The van der Waals surface area contributed by atoms with Crippen LogP contribution in [0.15, 0.2) is 84.0 Å². The molecule has 0 amide bonds. The van der Waals surface area contributed by atoms with E-state index in [1.165, 1.54) is 27.9 Å². The predicted molar refractivity (Wildman–Crippen MR) is 142 cm³/mol. The molecular weight excluding hydrogens is 587 g/mol. The number of methoxy groups -OCH3 is 1. The highest BCUT2D eigenvalue weighted by molar-refractivity contribution is 9.10. The summed E-state index contributed by atoms with van der Waals surface area (Å²) in [6, 6.07) is 10.9. The van der Waals surface area contributed by atoms with Crippen molar-refractivity contribution in [2.24, 2.45) is 0 Å². The molecule has 0 saturated carbocycles. The minimum absolute atomic E-state index is 0.0300. The van der Waals surface area contributed by atoms with Gasteiger partial charge in [0.2, 0.25) is 11.6 Å². The van der Waals surface area contributed by atoms with Crippen LogP contribution >= 0.6 is 26.7 Å². The zero-order valence-electron chi connectivity index (χ0n) is 19.6. The van der Waals surface area contributed by atoms with Gasteiger partial charge in [-0.25, -0.2) is 18.4 Å². The van der Waals surface area contributed by atoms with Crippen molar-refractivity contribution in [3.63, 3.8) is 0 Å². The van der Waals surface area contributed by atoms with Gasteiger partial charge in [-0.1, -0.05) is 28.1 Å². The Hall–Kier alpha value is -3.92. The number of nitrogens with one attached hydrogen (secondary N) is 1. The average molecular weight is 607 g/mol. The molecule has 12 nitrogen and oxygen atoms in total. The largest absolute Gasteiger partial charge is 0.497 e. The van der Waals surface area contributed by atoms with E-state index in [9.17, 15) is 18.3 Å². The van der Waals surface area contributed by atoms with E-state index < -0.39 is 22.3 Å². The molecule has 2 aromatic heterocycles. The molecule has 1 aliphatic rings. The molecule has 0 atom stereocenters. The molecule has 0 aliphatic carbocycles. The quantitative estimate of drug-likeness (QED) is 0.265. The van der Waals surface area contributed by atoms with E-state index in [0.29, 0.717) is 17.0 Å². The van der Waals surface area contributed by atoms with Crippen LogP contribution in [-0.4, -0.2) is 49.3 Å². The number of hydrogen-bond acceptors (Lipinski definition) is 11. The second kappa shape index (κ2) is 10.4. The fraction of sp³-hybridized carbons (Fsp3) is 0.130. The zero-order valence-corrected chi connectivity index (χ0v) is 22.0. The lowest BCUT2D eigenvalue weighted by Gasteiger charge is -2.41. The number of hydrogen-bond donors (Lipinski definition) is 3. The summed E-state index contributed by atoms with van der Waals surface area (Å²) in [5.41, 5.74) is 1.49. The molecule has 0 bridgehead atoms. The van der Waals surface area contributed by atoms with Crippen molar-refractivity contribution in [1.82, 2.24) is 20.0 Å².